The van der Waals surface area contributed by atoms with E-state index in [1.165, 1.54) is 5.56 Å². The normalized spacial score (nSPS) is 10.4. The van der Waals surface area contributed by atoms with Gasteiger partial charge in [0.15, 0.2) is 0 Å². The second-order valence-corrected chi connectivity index (χ2v) is 6.41. The molecule has 0 N–H and O–H groups in total. The average molecular weight is 391 g/mol. The number of aryl methyl sites for hydroxylation is 1. The van der Waals surface area contributed by atoms with Gasteiger partial charge in [-0.15, -0.1) is 0 Å². The molecule has 4 heteroatoms. The highest BCUT2D eigenvalue weighted by molar-refractivity contribution is 9.10. The Kier molecular flexibility index (Phi) is 7.83. The predicted molar refractivity (Wildman–Crippen MR) is 99.1 cm³/mol. The van der Waals surface area contributed by atoms with Crippen molar-refractivity contribution in [1.29, 1.82) is 0 Å². The van der Waals surface area contributed by atoms with Gasteiger partial charge in [0.1, 0.15) is 12.4 Å². The van der Waals surface area contributed by atoms with Crippen molar-refractivity contribution < 1.29 is 14.3 Å². The molecule has 0 saturated heterocycles. The van der Waals surface area contributed by atoms with E-state index in [2.05, 4.69) is 28.1 Å². The highest BCUT2D eigenvalue weighted by atomic mass is 79.9. The van der Waals surface area contributed by atoms with Gasteiger partial charge in [-0.25, -0.2) is 0 Å². The summed E-state index contributed by atoms with van der Waals surface area (Å²) in [7, 11) is 0. The molecule has 0 amide bonds. The second kappa shape index (κ2) is 10.1. The summed E-state index contributed by atoms with van der Waals surface area (Å²) in [4.78, 5) is 11.3. The number of halogens is 1. The molecule has 0 radical (unpaired) electrons. The fraction of sp³-hybridized carbons (Fsp3) is 0.350. The summed E-state index contributed by atoms with van der Waals surface area (Å²) < 4.78 is 11.7. The highest BCUT2D eigenvalue weighted by Gasteiger charge is 2.05. The lowest BCUT2D eigenvalue weighted by Crippen LogP contribution is -2.03. The summed E-state index contributed by atoms with van der Waals surface area (Å²) in [6.45, 7) is 2.84. The molecule has 24 heavy (non-hydrogen) atoms. The maximum Gasteiger partial charge on any atom is 0.305 e. The van der Waals surface area contributed by atoms with Gasteiger partial charge in [-0.2, -0.15) is 0 Å². The lowest BCUT2D eigenvalue weighted by atomic mass is 10.1. The van der Waals surface area contributed by atoms with Crippen molar-refractivity contribution in [2.45, 2.75) is 39.2 Å². The lowest BCUT2D eigenvalue weighted by Gasteiger charge is -2.10. The van der Waals surface area contributed by atoms with E-state index < -0.39 is 0 Å². The Morgan fingerprint density at radius 2 is 1.83 bits per heavy atom. The molecule has 128 valence electrons. The first-order valence-electron chi connectivity index (χ1n) is 8.30. The van der Waals surface area contributed by atoms with Gasteiger partial charge < -0.3 is 9.47 Å². The molecule has 2 aromatic carbocycles. The molecular weight excluding hydrogens is 368 g/mol. The van der Waals surface area contributed by atoms with E-state index in [0.29, 0.717) is 19.6 Å². The molecule has 0 fully saturated rings. The van der Waals surface area contributed by atoms with E-state index in [-0.39, 0.29) is 5.97 Å². The molecule has 2 rings (SSSR count). The lowest BCUT2D eigenvalue weighted by molar-refractivity contribution is -0.143. The smallest absolute Gasteiger partial charge is 0.305 e. The third-order valence-corrected chi connectivity index (χ3v) is 4.25. The zero-order valence-electron chi connectivity index (χ0n) is 14.0. The van der Waals surface area contributed by atoms with Crippen LogP contribution in [0.2, 0.25) is 0 Å². The van der Waals surface area contributed by atoms with Crippen molar-refractivity contribution in [1.82, 2.24) is 0 Å². The van der Waals surface area contributed by atoms with Crippen molar-refractivity contribution in [2.24, 2.45) is 0 Å². The average Bonchev–Trinajstić information content (AvgIpc) is 2.59. The minimum absolute atomic E-state index is 0.108. The molecule has 0 aliphatic rings. The maximum absolute atomic E-state index is 11.3. The molecule has 0 saturated carbocycles. The van der Waals surface area contributed by atoms with Gasteiger partial charge in [0.2, 0.25) is 0 Å². The summed E-state index contributed by atoms with van der Waals surface area (Å²) in [6.07, 6.45) is 3.25. The summed E-state index contributed by atoms with van der Waals surface area (Å²) in [5.41, 5.74) is 2.38. The van der Waals surface area contributed by atoms with E-state index in [4.69, 9.17) is 9.47 Å². The maximum atomic E-state index is 11.3. The van der Waals surface area contributed by atoms with E-state index in [1.54, 1.807) is 0 Å². The van der Waals surface area contributed by atoms with Crippen molar-refractivity contribution >= 4 is 21.9 Å². The molecule has 0 unspecified atom stereocenters. The molecule has 0 spiro atoms. The van der Waals surface area contributed by atoms with Gasteiger partial charge in [-0.3, -0.25) is 4.79 Å². The third-order valence-electron chi connectivity index (χ3n) is 3.64. The number of hydrogen-bond donors (Lipinski definition) is 0. The minimum atomic E-state index is -0.108. The van der Waals surface area contributed by atoms with Crippen molar-refractivity contribution in [3.05, 3.63) is 64.1 Å². The Morgan fingerprint density at radius 1 is 1.04 bits per heavy atom. The van der Waals surface area contributed by atoms with E-state index >= 15 is 0 Å². The fourth-order valence-electron chi connectivity index (χ4n) is 2.38. The first-order chi connectivity index (χ1) is 11.7. The molecule has 3 nitrogen and oxygen atoms in total. The van der Waals surface area contributed by atoms with Crippen LogP contribution in [0, 0.1) is 0 Å². The molecule has 0 atom stereocenters. The molecular formula is C20H23BrO3. The molecule has 0 aliphatic carbocycles. The van der Waals surface area contributed by atoms with E-state index in [0.717, 1.165) is 35.0 Å². The van der Waals surface area contributed by atoms with Crippen molar-refractivity contribution in [2.75, 3.05) is 6.61 Å². The summed E-state index contributed by atoms with van der Waals surface area (Å²) >= 11 is 3.57. The van der Waals surface area contributed by atoms with Crippen molar-refractivity contribution in [3.63, 3.8) is 0 Å². The number of rotatable bonds is 9. The van der Waals surface area contributed by atoms with Gasteiger partial charge in [0.05, 0.1) is 11.1 Å². The van der Waals surface area contributed by atoms with Crippen LogP contribution in [0.3, 0.4) is 0 Å². The van der Waals surface area contributed by atoms with Crippen LogP contribution in [-0.2, 0) is 22.6 Å². The first-order valence-corrected chi connectivity index (χ1v) is 9.09. The third kappa shape index (κ3) is 6.36. The largest absolute Gasteiger partial charge is 0.488 e. The summed E-state index contributed by atoms with van der Waals surface area (Å²) in [5, 5.41) is 0. The Labute approximate surface area is 152 Å². The molecule has 0 bridgehead atoms. The van der Waals surface area contributed by atoms with E-state index in [9.17, 15) is 4.79 Å². The first kappa shape index (κ1) is 18.5. The highest BCUT2D eigenvalue weighted by Crippen LogP contribution is 2.27. The number of ether oxygens (including phenoxy) is 2. The van der Waals surface area contributed by atoms with Gasteiger partial charge in [-0.1, -0.05) is 36.4 Å². The molecule has 0 aliphatic heterocycles. The number of benzene rings is 2. The Balaban J connectivity index is 1.78. The van der Waals surface area contributed by atoms with Crippen LogP contribution in [0.1, 0.15) is 37.3 Å². The Bertz CT molecular complexity index is 641. The SMILES string of the molecule is CCOC(=O)CCCCc1ccc(OCc2ccccc2)c(Br)c1. The second-order valence-electron chi connectivity index (χ2n) is 5.55. The molecule has 0 aromatic heterocycles. The van der Waals surface area contributed by atoms with Gasteiger partial charge >= 0.3 is 5.97 Å². The molecule has 0 heterocycles. The topological polar surface area (TPSA) is 35.5 Å². The van der Waals surface area contributed by atoms with Gasteiger partial charge in [-0.05, 0) is 65.4 Å². The van der Waals surface area contributed by atoms with Gasteiger partial charge in [0, 0.05) is 6.42 Å². The van der Waals surface area contributed by atoms with Crippen LogP contribution in [0.5, 0.6) is 5.75 Å². The Hall–Kier alpha value is -1.81. The van der Waals surface area contributed by atoms with Crippen LogP contribution in [0.25, 0.3) is 0 Å². The number of carbonyl (C=O) groups is 1. The quantitative estimate of drug-likeness (QED) is 0.430. The van der Waals surface area contributed by atoms with Crippen LogP contribution >= 0.6 is 15.9 Å². The predicted octanol–water partition coefficient (Wildman–Crippen LogP) is 5.30. The Morgan fingerprint density at radius 3 is 2.54 bits per heavy atom. The number of unbranched alkanes of at least 4 members (excludes halogenated alkanes) is 1. The minimum Gasteiger partial charge on any atom is -0.488 e. The molecule has 2 aromatic rings. The summed E-state index contributed by atoms with van der Waals surface area (Å²) in [6, 6.07) is 16.3. The standard InChI is InChI=1S/C20H23BrO3/c1-2-23-20(22)11-7-6-8-16-12-13-19(18(21)14-16)24-15-17-9-4-3-5-10-17/h3-5,9-10,12-14H,2,6-8,11,15H2,1H3. The van der Waals surface area contributed by atoms with Crippen LogP contribution in [0.4, 0.5) is 0 Å². The van der Waals surface area contributed by atoms with E-state index in [1.807, 2.05) is 43.3 Å². The summed E-state index contributed by atoms with van der Waals surface area (Å²) in [5.74, 6) is 0.734. The van der Waals surface area contributed by atoms with Gasteiger partial charge in [0.25, 0.3) is 0 Å². The van der Waals surface area contributed by atoms with Crippen LogP contribution in [0.15, 0.2) is 53.0 Å². The number of hydrogen-bond acceptors (Lipinski definition) is 3. The number of carbonyl (C=O) groups excluding carboxylic acids is 1. The monoisotopic (exact) mass is 390 g/mol. The number of esters is 1. The van der Waals surface area contributed by atoms with Crippen LogP contribution < -0.4 is 4.74 Å². The zero-order chi connectivity index (χ0) is 17.2. The zero-order valence-corrected chi connectivity index (χ0v) is 15.6. The fourth-order valence-corrected chi connectivity index (χ4v) is 2.92. The van der Waals surface area contributed by atoms with Crippen molar-refractivity contribution in [3.8, 4) is 5.75 Å². The van der Waals surface area contributed by atoms with Crippen LogP contribution in [-0.4, -0.2) is 12.6 Å².